The maximum atomic E-state index is 13.0. The largest absolute Gasteiger partial charge is 0.507 e. The number of anilines is 1. The molecule has 156 valence electrons. The lowest BCUT2D eigenvalue weighted by atomic mass is 9.96. The predicted octanol–water partition coefficient (Wildman–Crippen LogP) is 4.09. The molecule has 6 heteroatoms. The number of rotatable bonds is 5. The van der Waals surface area contributed by atoms with Crippen LogP contribution in [0, 0.1) is 5.92 Å². The first-order chi connectivity index (χ1) is 14.6. The van der Waals surface area contributed by atoms with E-state index in [9.17, 15) is 9.90 Å². The SMILES string of the molecule is CCN(CC)C(=O)C1CCCN(c2nc(-c3ccccc3O)nc3ccccc23)C1. The van der Waals surface area contributed by atoms with Gasteiger partial charge in [0.2, 0.25) is 5.91 Å². The molecule has 0 radical (unpaired) electrons. The average molecular weight is 405 g/mol. The molecule has 3 aromatic rings. The van der Waals surface area contributed by atoms with Crippen molar-refractivity contribution in [3.63, 3.8) is 0 Å². The Hall–Kier alpha value is -3.15. The Morgan fingerprint density at radius 1 is 1.10 bits per heavy atom. The number of hydrogen-bond donors (Lipinski definition) is 1. The molecule has 1 atom stereocenters. The Balaban J connectivity index is 1.74. The van der Waals surface area contributed by atoms with Crippen LogP contribution in [-0.2, 0) is 4.79 Å². The zero-order valence-electron chi connectivity index (χ0n) is 17.6. The molecule has 0 saturated carbocycles. The predicted molar refractivity (Wildman–Crippen MR) is 120 cm³/mol. The molecule has 2 heterocycles. The monoisotopic (exact) mass is 404 g/mol. The number of aromatic hydroxyl groups is 1. The van der Waals surface area contributed by atoms with E-state index in [-0.39, 0.29) is 17.6 Å². The highest BCUT2D eigenvalue weighted by atomic mass is 16.3. The van der Waals surface area contributed by atoms with Crippen LogP contribution in [0.2, 0.25) is 0 Å². The molecule has 30 heavy (non-hydrogen) atoms. The van der Waals surface area contributed by atoms with Gasteiger partial charge in [-0.3, -0.25) is 4.79 Å². The van der Waals surface area contributed by atoms with Gasteiger partial charge < -0.3 is 14.9 Å². The molecule has 0 bridgehead atoms. The van der Waals surface area contributed by atoms with E-state index in [1.165, 1.54) is 0 Å². The highest BCUT2D eigenvalue weighted by Gasteiger charge is 2.30. The number of benzene rings is 2. The molecule has 1 aliphatic rings. The van der Waals surface area contributed by atoms with Gasteiger partial charge in [-0.2, -0.15) is 0 Å². The third-order valence-electron chi connectivity index (χ3n) is 5.87. The number of aromatic nitrogens is 2. The Kier molecular flexibility index (Phi) is 5.84. The van der Waals surface area contributed by atoms with Crippen molar-refractivity contribution in [3.05, 3.63) is 48.5 Å². The van der Waals surface area contributed by atoms with Crippen molar-refractivity contribution in [2.75, 3.05) is 31.1 Å². The summed E-state index contributed by atoms with van der Waals surface area (Å²) in [6, 6.07) is 15.1. The summed E-state index contributed by atoms with van der Waals surface area (Å²) in [6.07, 6.45) is 1.85. The molecule has 1 aromatic heterocycles. The Morgan fingerprint density at radius 3 is 2.60 bits per heavy atom. The van der Waals surface area contributed by atoms with Crippen LogP contribution in [0.4, 0.5) is 5.82 Å². The van der Waals surface area contributed by atoms with E-state index >= 15 is 0 Å². The molecule has 1 fully saturated rings. The fourth-order valence-electron chi connectivity index (χ4n) is 4.25. The van der Waals surface area contributed by atoms with E-state index in [4.69, 9.17) is 9.97 Å². The molecular formula is C24H28N4O2. The van der Waals surface area contributed by atoms with Crippen LogP contribution >= 0.6 is 0 Å². The Morgan fingerprint density at radius 2 is 1.83 bits per heavy atom. The van der Waals surface area contributed by atoms with E-state index in [2.05, 4.69) is 4.90 Å². The first-order valence-electron chi connectivity index (χ1n) is 10.7. The summed E-state index contributed by atoms with van der Waals surface area (Å²) in [5.74, 6) is 1.69. The topological polar surface area (TPSA) is 69.6 Å². The summed E-state index contributed by atoms with van der Waals surface area (Å²) in [4.78, 5) is 26.7. The molecule has 1 aliphatic heterocycles. The molecule has 6 nitrogen and oxygen atoms in total. The fraction of sp³-hybridized carbons (Fsp3) is 0.375. The van der Waals surface area contributed by atoms with Gasteiger partial charge >= 0.3 is 0 Å². The molecule has 1 N–H and O–H groups in total. The minimum Gasteiger partial charge on any atom is -0.507 e. The lowest BCUT2D eigenvalue weighted by Crippen LogP contribution is -2.45. The number of amides is 1. The molecule has 4 rings (SSSR count). The molecule has 2 aromatic carbocycles. The summed E-state index contributed by atoms with van der Waals surface area (Å²) < 4.78 is 0. The van der Waals surface area contributed by atoms with Gasteiger partial charge in [0.25, 0.3) is 0 Å². The van der Waals surface area contributed by atoms with Crippen molar-refractivity contribution < 1.29 is 9.90 Å². The molecule has 1 saturated heterocycles. The van der Waals surface area contributed by atoms with Crippen LogP contribution in [0.25, 0.3) is 22.3 Å². The maximum Gasteiger partial charge on any atom is 0.227 e. The van der Waals surface area contributed by atoms with Crippen molar-refractivity contribution in [1.29, 1.82) is 0 Å². The number of nitrogens with zero attached hydrogens (tertiary/aromatic N) is 4. The van der Waals surface area contributed by atoms with Gasteiger partial charge in [0, 0.05) is 31.6 Å². The standard InChI is InChI=1S/C24H28N4O2/c1-3-27(4-2)24(30)17-10-9-15-28(16-17)23-18-11-5-7-13-20(18)25-22(26-23)19-12-6-8-14-21(19)29/h5-8,11-14,17,29H,3-4,9-10,15-16H2,1-2H3. The van der Waals surface area contributed by atoms with Crippen molar-refractivity contribution >= 4 is 22.6 Å². The molecule has 1 amide bonds. The van der Waals surface area contributed by atoms with Crippen LogP contribution in [0.3, 0.4) is 0 Å². The number of carbonyl (C=O) groups is 1. The van der Waals surface area contributed by atoms with Gasteiger partial charge in [-0.05, 0) is 51.0 Å². The van der Waals surface area contributed by atoms with Crippen LogP contribution in [0.5, 0.6) is 5.75 Å². The average Bonchev–Trinajstić information content (AvgIpc) is 2.79. The van der Waals surface area contributed by atoms with Crippen molar-refractivity contribution in [2.24, 2.45) is 5.92 Å². The summed E-state index contributed by atoms with van der Waals surface area (Å²) in [6.45, 7) is 7.02. The van der Waals surface area contributed by atoms with Gasteiger partial charge in [0.05, 0.1) is 17.0 Å². The summed E-state index contributed by atoms with van der Waals surface area (Å²) in [5.41, 5.74) is 1.44. The quantitative estimate of drug-likeness (QED) is 0.694. The number of carbonyl (C=O) groups excluding carboxylic acids is 1. The third kappa shape index (κ3) is 3.82. The minimum absolute atomic E-state index is 0.0269. The molecule has 0 spiro atoms. The second-order valence-electron chi connectivity index (χ2n) is 7.70. The third-order valence-corrected chi connectivity index (χ3v) is 5.87. The van der Waals surface area contributed by atoms with Gasteiger partial charge in [0.1, 0.15) is 11.6 Å². The molecule has 0 aliphatic carbocycles. The Labute approximate surface area is 177 Å². The van der Waals surface area contributed by atoms with E-state index < -0.39 is 0 Å². The maximum absolute atomic E-state index is 13.0. The van der Waals surface area contributed by atoms with Gasteiger partial charge in [-0.25, -0.2) is 9.97 Å². The normalized spacial score (nSPS) is 16.6. The zero-order chi connectivity index (χ0) is 21.1. The number of phenolic OH excluding ortho intramolecular Hbond substituents is 1. The fourth-order valence-corrected chi connectivity index (χ4v) is 4.25. The number of para-hydroxylation sites is 2. The highest BCUT2D eigenvalue weighted by molar-refractivity contribution is 5.91. The van der Waals surface area contributed by atoms with Crippen LogP contribution < -0.4 is 4.90 Å². The van der Waals surface area contributed by atoms with E-state index in [0.29, 0.717) is 17.9 Å². The summed E-state index contributed by atoms with van der Waals surface area (Å²) in [7, 11) is 0. The van der Waals surface area contributed by atoms with Gasteiger partial charge in [0.15, 0.2) is 5.82 Å². The second-order valence-corrected chi connectivity index (χ2v) is 7.70. The van der Waals surface area contributed by atoms with Crippen LogP contribution in [0.1, 0.15) is 26.7 Å². The number of fused-ring (bicyclic) bond motifs is 1. The first kappa shape index (κ1) is 20.1. The second kappa shape index (κ2) is 8.69. The van der Waals surface area contributed by atoms with E-state index in [1.54, 1.807) is 12.1 Å². The lowest BCUT2D eigenvalue weighted by Gasteiger charge is -2.35. The highest BCUT2D eigenvalue weighted by Crippen LogP contribution is 2.33. The first-order valence-corrected chi connectivity index (χ1v) is 10.7. The van der Waals surface area contributed by atoms with Gasteiger partial charge in [-0.1, -0.05) is 24.3 Å². The van der Waals surface area contributed by atoms with E-state index in [1.807, 2.05) is 55.1 Å². The number of piperidine rings is 1. The van der Waals surface area contributed by atoms with Crippen molar-refractivity contribution in [3.8, 4) is 17.1 Å². The number of hydrogen-bond acceptors (Lipinski definition) is 5. The van der Waals surface area contributed by atoms with Crippen LogP contribution in [-0.4, -0.2) is 52.1 Å². The van der Waals surface area contributed by atoms with E-state index in [0.717, 1.165) is 49.2 Å². The number of phenols is 1. The molecular weight excluding hydrogens is 376 g/mol. The van der Waals surface area contributed by atoms with Gasteiger partial charge in [-0.15, -0.1) is 0 Å². The summed E-state index contributed by atoms with van der Waals surface area (Å²) >= 11 is 0. The summed E-state index contributed by atoms with van der Waals surface area (Å²) in [5, 5.41) is 11.3. The van der Waals surface area contributed by atoms with Crippen molar-refractivity contribution in [1.82, 2.24) is 14.9 Å². The van der Waals surface area contributed by atoms with Crippen molar-refractivity contribution in [2.45, 2.75) is 26.7 Å². The Bertz CT molecular complexity index is 1050. The minimum atomic E-state index is -0.0269. The molecule has 1 unspecified atom stereocenters. The van der Waals surface area contributed by atoms with Crippen LogP contribution in [0.15, 0.2) is 48.5 Å². The zero-order valence-corrected chi connectivity index (χ0v) is 17.6. The smallest absolute Gasteiger partial charge is 0.227 e. The lowest BCUT2D eigenvalue weighted by molar-refractivity contribution is -0.135.